The zero-order valence-electron chi connectivity index (χ0n) is 25.2. The number of rotatable bonds is 5. The van der Waals surface area contributed by atoms with E-state index < -0.39 is 0 Å². The third-order valence-electron chi connectivity index (χ3n) is 7.56. The van der Waals surface area contributed by atoms with Gasteiger partial charge in [0, 0.05) is 22.5 Å². The summed E-state index contributed by atoms with van der Waals surface area (Å²) in [5.41, 5.74) is 8.59. The van der Waals surface area contributed by atoms with Crippen LogP contribution in [-0.4, -0.2) is 12.1 Å². The third kappa shape index (κ3) is 6.10. The molecule has 0 aromatic heterocycles. The van der Waals surface area contributed by atoms with Crippen molar-refractivity contribution in [3.05, 3.63) is 131 Å². The Morgan fingerprint density at radius 3 is 1.18 bits per heavy atom. The van der Waals surface area contributed by atoms with Gasteiger partial charge in [0.15, 0.2) is 0 Å². The van der Waals surface area contributed by atoms with Crippen molar-refractivity contribution in [2.75, 3.05) is 21.3 Å². The van der Waals surface area contributed by atoms with Gasteiger partial charge in [0.1, 0.15) is 0 Å². The molecule has 0 saturated carbocycles. The molecular weight excluding hydrogens is 544 g/mol. The van der Waals surface area contributed by atoms with Gasteiger partial charge in [-0.25, -0.2) is 9.59 Å². The molecule has 4 N–H and O–H groups in total. The lowest BCUT2D eigenvalue weighted by Crippen LogP contribution is -2.21. The van der Waals surface area contributed by atoms with Crippen LogP contribution in [0.3, 0.4) is 0 Å². The van der Waals surface area contributed by atoms with E-state index in [1.807, 2.05) is 125 Å². The summed E-state index contributed by atoms with van der Waals surface area (Å²) in [7, 11) is 0. The van der Waals surface area contributed by atoms with E-state index in [9.17, 15) is 9.59 Å². The minimum Gasteiger partial charge on any atom is -0.308 e. The first-order valence-electron chi connectivity index (χ1n) is 14.6. The van der Waals surface area contributed by atoms with Gasteiger partial charge < -0.3 is 21.3 Å². The van der Waals surface area contributed by atoms with E-state index in [1.165, 1.54) is 0 Å². The minimum atomic E-state index is -0.353. The largest absolute Gasteiger partial charge is 0.323 e. The van der Waals surface area contributed by atoms with E-state index in [2.05, 4.69) is 33.4 Å². The fourth-order valence-electron chi connectivity index (χ4n) is 5.95. The Bertz CT molecular complexity index is 1880. The zero-order chi connectivity index (χ0) is 30.8. The number of anilines is 4. The van der Waals surface area contributed by atoms with Crippen LogP contribution in [0.25, 0.3) is 32.7 Å². The molecule has 6 nitrogen and oxygen atoms in total. The topological polar surface area (TPSA) is 82.3 Å². The standard InChI is InChI=1S/C38H34N4O2/c1-23-17-24(2)20-29(19-23)39-37(43)41-33-15-13-27-9-5-7-11-31(27)35(33)36-32-12-8-6-10-28(32)14-16-34(36)42-38(44)40-30-21-25(3)18-26(4)22-30/h5-22H,1-4H3,(H2,39,41,43)(H2,40,42,44). The van der Waals surface area contributed by atoms with Gasteiger partial charge in [0.05, 0.1) is 11.4 Å². The molecule has 6 aromatic rings. The lowest BCUT2D eigenvalue weighted by Gasteiger charge is -2.20. The Balaban J connectivity index is 1.46. The van der Waals surface area contributed by atoms with Crippen LogP contribution in [0.15, 0.2) is 109 Å². The number of urea groups is 2. The molecule has 6 aromatic carbocycles. The van der Waals surface area contributed by atoms with Crippen molar-refractivity contribution in [2.45, 2.75) is 27.7 Å². The van der Waals surface area contributed by atoms with Gasteiger partial charge in [0.25, 0.3) is 0 Å². The SMILES string of the molecule is Cc1cc(C)cc(NC(=O)Nc2ccc3ccccc3c2-c2c(NC(=O)Nc3cc(C)cc(C)c3)ccc3ccccc23)c1. The number of carbonyl (C=O) groups is 2. The van der Waals surface area contributed by atoms with Crippen molar-refractivity contribution in [3.8, 4) is 11.1 Å². The summed E-state index contributed by atoms with van der Waals surface area (Å²) in [6.07, 6.45) is 0. The van der Waals surface area contributed by atoms with Crippen LogP contribution in [0.5, 0.6) is 0 Å². The molecule has 0 unspecified atom stereocenters. The number of fused-ring (bicyclic) bond motifs is 2. The molecule has 0 bridgehead atoms. The van der Waals surface area contributed by atoms with Gasteiger partial charge >= 0.3 is 12.1 Å². The van der Waals surface area contributed by atoms with E-state index in [-0.39, 0.29) is 12.1 Å². The zero-order valence-corrected chi connectivity index (χ0v) is 25.2. The van der Waals surface area contributed by atoms with Gasteiger partial charge in [-0.2, -0.15) is 0 Å². The molecule has 6 rings (SSSR count). The summed E-state index contributed by atoms with van der Waals surface area (Å²) in [5, 5.41) is 16.1. The predicted molar refractivity (Wildman–Crippen MR) is 184 cm³/mol. The number of carbonyl (C=O) groups excluding carboxylic acids is 2. The summed E-state index contributed by atoms with van der Waals surface area (Å²) in [6, 6.07) is 35.1. The van der Waals surface area contributed by atoms with Gasteiger partial charge in [0.2, 0.25) is 0 Å². The minimum absolute atomic E-state index is 0.353. The molecule has 4 amide bonds. The molecule has 0 aliphatic rings. The normalized spacial score (nSPS) is 10.9. The molecule has 0 fully saturated rings. The average molecular weight is 579 g/mol. The van der Waals surface area contributed by atoms with Crippen LogP contribution in [0.2, 0.25) is 0 Å². The molecule has 6 heteroatoms. The summed E-state index contributed by atoms with van der Waals surface area (Å²) in [4.78, 5) is 26.8. The molecule has 44 heavy (non-hydrogen) atoms. The first kappa shape index (κ1) is 28.5. The maximum Gasteiger partial charge on any atom is 0.323 e. The van der Waals surface area contributed by atoms with Crippen molar-refractivity contribution in [1.82, 2.24) is 0 Å². The Kier molecular flexibility index (Phi) is 7.73. The van der Waals surface area contributed by atoms with Crippen LogP contribution in [0, 0.1) is 27.7 Å². The first-order valence-corrected chi connectivity index (χ1v) is 14.6. The smallest absolute Gasteiger partial charge is 0.308 e. The van der Waals surface area contributed by atoms with Gasteiger partial charge in [-0.3, -0.25) is 0 Å². The van der Waals surface area contributed by atoms with Crippen LogP contribution in [-0.2, 0) is 0 Å². The van der Waals surface area contributed by atoms with Crippen molar-refractivity contribution in [2.24, 2.45) is 0 Å². The molecule has 218 valence electrons. The lowest BCUT2D eigenvalue weighted by atomic mass is 9.91. The summed E-state index contributed by atoms with van der Waals surface area (Å²) in [6.45, 7) is 8.01. The fraction of sp³-hybridized carbons (Fsp3) is 0.105. The van der Waals surface area contributed by atoms with Gasteiger partial charge in [-0.15, -0.1) is 0 Å². The molecule has 0 spiro atoms. The second-order valence-electron chi connectivity index (χ2n) is 11.3. The Morgan fingerprint density at radius 1 is 0.432 bits per heavy atom. The molecule has 0 atom stereocenters. The van der Waals surface area contributed by atoms with Crippen LogP contribution in [0.4, 0.5) is 32.3 Å². The number of hydrogen-bond acceptors (Lipinski definition) is 2. The van der Waals surface area contributed by atoms with E-state index in [0.29, 0.717) is 11.4 Å². The number of benzene rings is 6. The lowest BCUT2D eigenvalue weighted by molar-refractivity contribution is 0.261. The highest BCUT2D eigenvalue weighted by atomic mass is 16.2. The number of amides is 4. The number of aryl methyl sites for hydroxylation is 4. The Labute approximate surface area is 257 Å². The average Bonchev–Trinajstić information content (AvgIpc) is 2.96. The summed E-state index contributed by atoms with van der Waals surface area (Å²) < 4.78 is 0. The van der Waals surface area contributed by atoms with E-state index in [4.69, 9.17) is 0 Å². The second kappa shape index (κ2) is 11.9. The van der Waals surface area contributed by atoms with Crippen LogP contribution >= 0.6 is 0 Å². The highest BCUT2D eigenvalue weighted by Gasteiger charge is 2.20. The second-order valence-corrected chi connectivity index (χ2v) is 11.3. The number of nitrogens with one attached hydrogen (secondary N) is 4. The third-order valence-corrected chi connectivity index (χ3v) is 7.56. The summed E-state index contributed by atoms with van der Waals surface area (Å²) >= 11 is 0. The van der Waals surface area contributed by atoms with E-state index >= 15 is 0 Å². The highest BCUT2D eigenvalue weighted by Crippen LogP contribution is 2.43. The quantitative estimate of drug-likeness (QED) is 0.164. The van der Waals surface area contributed by atoms with Crippen LogP contribution < -0.4 is 21.3 Å². The van der Waals surface area contributed by atoms with Crippen molar-refractivity contribution in [1.29, 1.82) is 0 Å². The molecule has 0 aliphatic carbocycles. The van der Waals surface area contributed by atoms with E-state index in [1.54, 1.807) is 0 Å². The maximum absolute atomic E-state index is 13.4. The monoisotopic (exact) mass is 578 g/mol. The fourth-order valence-corrected chi connectivity index (χ4v) is 5.95. The van der Waals surface area contributed by atoms with Crippen molar-refractivity contribution >= 4 is 56.4 Å². The highest BCUT2D eigenvalue weighted by molar-refractivity contribution is 6.17. The predicted octanol–water partition coefficient (Wildman–Crippen LogP) is 10.2. The van der Waals surface area contributed by atoms with Gasteiger partial charge in [-0.1, -0.05) is 72.8 Å². The molecule has 0 radical (unpaired) electrons. The first-order chi connectivity index (χ1) is 21.2. The van der Waals surface area contributed by atoms with Crippen LogP contribution in [0.1, 0.15) is 22.3 Å². The molecule has 0 aliphatic heterocycles. The molecule has 0 heterocycles. The molecule has 0 saturated heterocycles. The van der Waals surface area contributed by atoms with Crippen molar-refractivity contribution < 1.29 is 9.59 Å². The summed E-state index contributed by atoms with van der Waals surface area (Å²) in [5.74, 6) is 0. The Morgan fingerprint density at radius 2 is 0.795 bits per heavy atom. The maximum atomic E-state index is 13.4. The van der Waals surface area contributed by atoms with Crippen molar-refractivity contribution in [3.63, 3.8) is 0 Å². The Hall–Kier alpha value is -5.62. The molecular formula is C38H34N4O2. The van der Waals surface area contributed by atoms with Gasteiger partial charge in [-0.05, 0) is 108 Å². The number of hydrogen-bond donors (Lipinski definition) is 4. The van der Waals surface area contributed by atoms with E-state index in [0.717, 1.165) is 66.3 Å².